The van der Waals surface area contributed by atoms with Gasteiger partial charge in [0.15, 0.2) is 0 Å². The Morgan fingerprint density at radius 1 is 1.18 bits per heavy atom. The molecule has 0 bridgehead atoms. The molecule has 0 saturated heterocycles. The van der Waals surface area contributed by atoms with Gasteiger partial charge in [-0.05, 0) is 56.5 Å². The van der Waals surface area contributed by atoms with E-state index in [0.717, 1.165) is 31.4 Å². The van der Waals surface area contributed by atoms with Gasteiger partial charge in [-0.25, -0.2) is 4.99 Å². The Labute approximate surface area is 160 Å². The predicted octanol–water partition coefficient (Wildman–Crippen LogP) is 4.93. The summed E-state index contributed by atoms with van der Waals surface area (Å²) in [5.74, 6) is -0.443. The van der Waals surface area contributed by atoms with Crippen molar-refractivity contribution >= 4 is 28.8 Å². The third kappa shape index (κ3) is 4.62. The maximum Gasteiger partial charge on any atom is 0.417 e. The van der Waals surface area contributed by atoms with Gasteiger partial charge < -0.3 is 16.4 Å². The third-order valence-corrected chi connectivity index (χ3v) is 4.49. The first-order valence-corrected chi connectivity index (χ1v) is 8.93. The van der Waals surface area contributed by atoms with Crippen molar-refractivity contribution in [2.45, 2.75) is 38.4 Å². The Balaban J connectivity index is 1.87. The smallest absolute Gasteiger partial charge is 0.387 e. The number of nitrogens with zero attached hydrogens (tertiary/aromatic N) is 1. The summed E-state index contributed by atoms with van der Waals surface area (Å²) in [6, 6.07) is 9.92. The fourth-order valence-corrected chi connectivity index (χ4v) is 2.92. The van der Waals surface area contributed by atoms with Crippen molar-refractivity contribution in [1.29, 1.82) is 0 Å². The number of carbonyl (C=O) groups is 1. The highest BCUT2D eigenvalue weighted by Gasteiger charge is 2.34. The zero-order chi connectivity index (χ0) is 20.3. The summed E-state index contributed by atoms with van der Waals surface area (Å²) >= 11 is 0. The van der Waals surface area contributed by atoms with Crippen LogP contribution in [-0.2, 0) is 6.18 Å². The molecule has 0 spiro atoms. The fraction of sp³-hybridized carbons (Fsp3) is 0.300. The van der Waals surface area contributed by atoms with Crippen molar-refractivity contribution < 1.29 is 18.0 Å². The first-order valence-electron chi connectivity index (χ1n) is 8.93. The van der Waals surface area contributed by atoms with Crippen LogP contribution in [0.5, 0.6) is 0 Å². The number of nitrogens with two attached hydrogens (primary N) is 1. The van der Waals surface area contributed by atoms with Crippen LogP contribution in [0.1, 0.15) is 42.1 Å². The average Bonchev–Trinajstić information content (AvgIpc) is 2.59. The Morgan fingerprint density at radius 3 is 2.50 bits per heavy atom. The lowest BCUT2D eigenvalue weighted by Gasteiger charge is -2.28. The normalized spacial score (nSPS) is 15.1. The fourth-order valence-electron chi connectivity index (χ4n) is 2.92. The number of nitrogens with one attached hydrogen (secondary N) is 2. The molecule has 0 atom stereocenters. The second kappa shape index (κ2) is 7.92. The summed E-state index contributed by atoms with van der Waals surface area (Å²) in [6.07, 6.45) is -1.42. The van der Waals surface area contributed by atoms with Crippen molar-refractivity contribution in [3.05, 3.63) is 53.6 Å². The van der Waals surface area contributed by atoms with Gasteiger partial charge in [0, 0.05) is 11.7 Å². The predicted molar refractivity (Wildman–Crippen MR) is 104 cm³/mol. The lowest BCUT2D eigenvalue weighted by Crippen LogP contribution is -2.27. The molecule has 0 heterocycles. The van der Waals surface area contributed by atoms with E-state index in [0.29, 0.717) is 28.9 Å². The first-order chi connectivity index (χ1) is 13.2. The van der Waals surface area contributed by atoms with Crippen LogP contribution in [-0.4, -0.2) is 17.8 Å². The summed E-state index contributed by atoms with van der Waals surface area (Å²) in [7, 11) is 0. The van der Waals surface area contributed by atoms with Crippen LogP contribution in [0, 0.1) is 0 Å². The van der Waals surface area contributed by atoms with E-state index < -0.39 is 23.2 Å². The number of hydrogen-bond donors (Lipinski definition) is 3. The van der Waals surface area contributed by atoms with Crippen LogP contribution < -0.4 is 16.4 Å². The molecule has 1 fully saturated rings. The number of benzene rings is 2. The average molecular weight is 390 g/mol. The molecular formula is C20H21F3N4O. The number of hydrogen-bond acceptors (Lipinski definition) is 3. The van der Waals surface area contributed by atoms with Gasteiger partial charge in [-0.15, -0.1) is 0 Å². The number of anilines is 2. The number of alkyl halides is 3. The summed E-state index contributed by atoms with van der Waals surface area (Å²) in [5.41, 5.74) is 5.93. The second-order valence-corrected chi connectivity index (χ2v) is 6.75. The Kier molecular flexibility index (Phi) is 5.58. The number of amidine groups is 1. The van der Waals surface area contributed by atoms with E-state index in [1.54, 1.807) is 25.1 Å². The molecule has 1 amide bonds. The van der Waals surface area contributed by atoms with Crippen LogP contribution in [0.4, 0.5) is 30.2 Å². The molecule has 4 N–H and O–H groups in total. The van der Waals surface area contributed by atoms with Gasteiger partial charge in [-0.1, -0.05) is 12.1 Å². The molecule has 1 saturated carbocycles. The van der Waals surface area contributed by atoms with Crippen molar-refractivity contribution in [2.24, 2.45) is 10.7 Å². The van der Waals surface area contributed by atoms with Gasteiger partial charge >= 0.3 is 6.18 Å². The number of rotatable bonds is 5. The van der Waals surface area contributed by atoms with Crippen LogP contribution >= 0.6 is 0 Å². The first kappa shape index (κ1) is 19.7. The Morgan fingerprint density at radius 2 is 1.89 bits per heavy atom. The summed E-state index contributed by atoms with van der Waals surface area (Å²) < 4.78 is 39.5. The maximum atomic E-state index is 13.2. The molecule has 3 rings (SSSR count). The highest BCUT2D eigenvalue weighted by atomic mass is 19.4. The molecule has 0 aromatic heterocycles. The zero-order valence-electron chi connectivity index (χ0n) is 15.3. The number of aliphatic imine (C=N–C) groups is 1. The van der Waals surface area contributed by atoms with E-state index in [1.807, 2.05) is 0 Å². The third-order valence-electron chi connectivity index (χ3n) is 4.49. The molecule has 28 heavy (non-hydrogen) atoms. The second-order valence-electron chi connectivity index (χ2n) is 6.75. The topological polar surface area (TPSA) is 79.5 Å². The molecule has 8 heteroatoms. The van der Waals surface area contributed by atoms with Gasteiger partial charge in [0.2, 0.25) is 0 Å². The molecule has 2 aromatic carbocycles. The Hall–Kier alpha value is -3.03. The number of carbonyl (C=O) groups excluding carboxylic acids is 1. The highest BCUT2D eigenvalue weighted by Crippen LogP contribution is 2.34. The lowest BCUT2D eigenvalue weighted by atomic mass is 9.93. The Bertz CT molecular complexity index is 901. The number of amides is 1. The summed E-state index contributed by atoms with van der Waals surface area (Å²) in [5, 5.41) is 5.89. The molecule has 1 aliphatic carbocycles. The minimum atomic E-state index is -4.61. The molecule has 0 radical (unpaired) electrons. The molecule has 2 aromatic rings. The minimum absolute atomic E-state index is 0.309. The van der Waals surface area contributed by atoms with Crippen LogP contribution in [0.3, 0.4) is 0 Å². The van der Waals surface area contributed by atoms with E-state index in [4.69, 9.17) is 5.73 Å². The minimum Gasteiger partial charge on any atom is -0.387 e. The van der Waals surface area contributed by atoms with E-state index in [2.05, 4.69) is 15.6 Å². The monoisotopic (exact) mass is 390 g/mol. The maximum absolute atomic E-state index is 13.2. The van der Waals surface area contributed by atoms with Gasteiger partial charge in [0.1, 0.15) is 0 Å². The van der Waals surface area contributed by atoms with Gasteiger partial charge in [0.25, 0.3) is 5.91 Å². The molecule has 148 valence electrons. The van der Waals surface area contributed by atoms with Crippen molar-refractivity contribution in [1.82, 2.24) is 0 Å². The molecule has 5 nitrogen and oxygen atoms in total. The molecule has 0 aliphatic heterocycles. The van der Waals surface area contributed by atoms with Crippen LogP contribution in [0.2, 0.25) is 0 Å². The van der Waals surface area contributed by atoms with Gasteiger partial charge in [-0.3, -0.25) is 4.79 Å². The molecular weight excluding hydrogens is 369 g/mol. The SMILES string of the molecule is CC(N)=Nc1ccc(NC(=O)c2ccccc2C(F)(F)F)cc1NC1CCC1. The summed E-state index contributed by atoms with van der Waals surface area (Å²) in [4.78, 5) is 16.7. The van der Waals surface area contributed by atoms with Gasteiger partial charge in [-0.2, -0.15) is 13.2 Å². The highest BCUT2D eigenvalue weighted by molar-refractivity contribution is 6.05. The van der Waals surface area contributed by atoms with Crippen molar-refractivity contribution in [3.63, 3.8) is 0 Å². The van der Waals surface area contributed by atoms with Crippen LogP contribution in [0.25, 0.3) is 0 Å². The standard InChI is InChI=1S/C20H21F3N4O/c1-12(24)25-17-10-9-14(11-18(17)26-13-5-4-6-13)27-19(28)15-7-2-3-8-16(15)20(21,22)23/h2-3,7-11,13,26H,4-6H2,1H3,(H2,24,25)(H,27,28). The van der Waals surface area contributed by atoms with Crippen LogP contribution in [0.15, 0.2) is 47.5 Å². The zero-order valence-corrected chi connectivity index (χ0v) is 15.3. The largest absolute Gasteiger partial charge is 0.417 e. The van der Waals surface area contributed by atoms with Crippen molar-refractivity contribution in [3.8, 4) is 0 Å². The van der Waals surface area contributed by atoms with Gasteiger partial charge in [0.05, 0.1) is 28.3 Å². The van der Waals surface area contributed by atoms with E-state index in [1.165, 1.54) is 12.1 Å². The molecule has 1 aliphatic rings. The molecule has 0 unspecified atom stereocenters. The quantitative estimate of drug-likeness (QED) is 0.500. The lowest BCUT2D eigenvalue weighted by molar-refractivity contribution is -0.137. The number of halogens is 3. The summed E-state index contributed by atoms with van der Waals surface area (Å²) in [6.45, 7) is 1.66. The van der Waals surface area contributed by atoms with Crippen molar-refractivity contribution in [2.75, 3.05) is 10.6 Å². The van der Waals surface area contributed by atoms with E-state index in [-0.39, 0.29) is 0 Å². The van der Waals surface area contributed by atoms with E-state index >= 15 is 0 Å². The van der Waals surface area contributed by atoms with E-state index in [9.17, 15) is 18.0 Å².